The van der Waals surface area contributed by atoms with Gasteiger partial charge in [0, 0.05) is 16.0 Å². The Morgan fingerprint density at radius 2 is 1.93 bits per heavy atom. The fourth-order valence-electron chi connectivity index (χ4n) is 3.97. The molecule has 6 nitrogen and oxygen atoms in total. The molecule has 1 saturated heterocycles. The number of aliphatic hydroxyl groups excluding tert-OH is 2. The van der Waals surface area contributed by atoms with E-state index in [1.54, 1.807) is 22.8 Å². The number of alkyl halides is 1. The molecule has 0 saturated carbocycles. The van der Waals surface area contributed by atoms with Crippen LogP contribution in [0.3, 0.4) is 0 Å². The first-order valence-electron chi connectivity index (χ1n) is 9.18. The van der Waals surface area contributed by atoms with Crippen molar-refractivity contribution >= 4 is 33.5 Å². The second kappa shape index (κ2) is 7.03. The van der Waals surface area contributed by atoms with Gasteiger partial charge in [-0.15, -0.1) is 0 Å². The van der Waals surface area contributed by atoms with E-state index in [1.165, 1.54) is 6.33 Å². The zero-order valence-electron chi connectivity index (χ0n) is 15.1. The maximum Gasteiger partial charge on any atom is 0.173 e. The van der Waals surface area contributed by atoms with Gasteiger partial charge in [0.25, 0.3) is 0 Å². The van der Waals surface area contributed by atoms with Crippen LogP contribution in [0.1, 0.15) is 6.23 Å². The quantitative estimate of drug-likeness (QED) is 0.537. The molecule has 0 spiro atoms. The van der Waals surface area contributed by atoms with Crippen LogP contribution in [0.4, 0.5) is 4.39 Å². The Bertz CT molecular complexity index is 1200. The van der Waals surface area contributed by atoms with Crippen LogP contribution >= 0.6 is 11.6 Å². The predicted octanol–water partition coefficient (Wildman–Crippen LogP) is 3.49. The summed E-state index contributed by atoms with van der Waals surface area (Å²) in [5, 5.41) is 21.5. The van der Waals surface area contributed by atoms with Gasteiger partial charge in [0.05, 0.1) is 23.2 Å². The van der Waals surface area contributed by atoms with E-state index < -0.39 is 31.2 Å². The smallest absolute Gasteiger partial charge is 0.173 e. The largest absolute Gasteiger partial charge is 0.394 e. The van der Waals surface area contributed by atoms with Gasteiger partial charge < -0.3 is 14.9 Å². The van der Waals surface area contributed by atoms with Crippen LogP contribution in [0.5, 0.6) is 0 Å². The normalized spacial score (nSPS) is 24.6. The first-order chi connectivity index (χ1) is 14.1. The van der Waals surface area contributed by atoms with Gasteiger partial charge in [-0.2, -0.15) is 0 Å². The number of benzene rings is 2. The zero-order chi connectivity index (χ0) is 20.1. The van der Waals surface area contributed by atoms with Crippen molar-refractivity contribution in [2.45, 2.75) is 24.6 Å². The molecule has 1 aliphatic heterocycles. The van der Waals surface area contributed by atoms with Gasteiger partial charge >= 0.3 is 0 Å². The predicted molar refractivity (Wildman–Crippen MR) is 107 cm³/mol. The molecule has 0 unspecified atom stereocenters. The Balaban J connectivity index is 1.83. The SMILES string of the molecule is OC[C@H]1O[C@@H](n2c3ccc(Cl)cc3c3c(-c4ccccc4)ncnc32)[C@H](F)[C@@H]1O. The highest BCUT2D eigenvalue weighted by molar-refractivity contribution is 6.32. The molecule has 0 radical (unpaired) electrons. The summed E-state index contributed by atoms with van der Waals surface area (Å²) in [5.74, 6) is 0. The third kappa shape index (κ3) is 2.81. The Morgan fingerprint density at radius 1 is 1.14 bits per heavy atom. The lowest BCUT2D eigenvalue weighted by atomic mass is 10.1. The molecule has 29 heavy (non-hydrogen) atoms. The van der Waals surface area contributed by atoms with Crippen molar-refractivity contribution in [1.29, 1.82) is 0 Å². The summed E-state index contributed by atoms with van der Waals surface area (Å²) in [6.07, 6.45) is -3.88. The Hall–Kier alpha value is -2.58. The molecule has 4 aromatic rings. The molecular weight excluding hydrogens is 397 g/mol. The van der Waals surface area contributed by atoms with Crippen LogP contribution in [0.25, 0.3) is 33.2 Å². The van der Waals surface area contributed by atoms with Crippen LogP contribution in [-0.2, 0) is 4.74 Å². The number of hydrogen-bond acceptors (Lipinski definition) is 5. The number of aliphatic hydroxyl groups is 2. The monoisotopic (exact) mass is 413 g/mol. The van der Waals surface area contributed by atoms with Crippen LogP contribution in [0.2, 0.25) is 5.02 Å². The summed E-state index contributed by atoms with van der Waals surface area (Å²) in [4.78, 5) is 8.88. The van der Waals surface area contributed by atoms with Gasteiger partial charge in [-0.3, -0.25) is 4.57 Å². The number of aromatic nitrogens is 3. The molecule has 1 fully saturated rings. The minimum Gasteiger partial charge on any atom is -0.394 e. The third-order valence-electron chi connectivity index (χ3n) is 5.32. The number of nitrogens with zero attached hydrogens (tertiary/aromatic N) is 3. The molecule has 8 heteroatoms. The van der Waals surface area contributed by atoms with E-state index in [4.69, 9.17) is 16.3 Å². The lowest BCUT2D eigenvalue weighted by molar-refractivity contribution is -0.0442. The van der Waals surface area contributed by atoms with Crippen LogP contribution in [0, 0.1) is 0 Å². The number of fused-ring (bicyclic) bond motifs is 3. The van der Waals surface area contributed by atoms with E-state index in [2.05, 4.69) is 9.97 Å². The Kier molecular flexibility index (Phi) is 4.48. The highest BCUT2D eigenvalue weighted by atomic mass is 35.5. The fourth-order valence-corrected chi connectivity index (χ4v) is 4.15. The van der Waals surface area contributed by atoms with E-state index in [-0.39, 0.29) is 0 Å². The zero-order valence-corrected chi connectivity index (χ0v) is 15.9. The van der Waals surface area contributed by atoms with Crippen LogP contribution < -0.4 is 0 Å². The average Bonchev–Trinajstić information content (AvgIpc) is 3.22. The molecule has 2 aromatic carbocycles. The lowest BCUT2D eigenvalue weighted by Crippen LogP contribution is -2.30. The van der Waals surface area contributed by atoms with E-state index >= 15 is 0 Å². The van der Waals surface area contributed by atoms with Gasteiger partial charge in [0.15, 0.2) is 12.4 Å². The first-order valence-corrected chi connectivity index (χ1v) is 9.56. The number of ether oxygens (including phenoxy) is 1. The van der Waals surface area contributed by atoms with E-state index in [0.29, 0.717) is 27.3 Å². The molecule has 148 valence electrons. The van der Waals surface area contributed by atoms with Gasteiger partial charge in [0.1, 0.15) is 24.2 Å². The third-order valence-corrected chi connectivity index (χ3v) is 5.55. The highest BCUT2D eigenvalue weighted by Crippen LogP contribution is 2.41. The standard InChI is InChI=1S/C21H17ClFN3O3/c22-12-6-7-14-13(8-12)16-18(11-4-2-1-3-5-11)24-10-25-20(16)26(14)21-17(23)19(28)15(9-27)29-21/h1-8,10,15,17,19,21,27-28H,9H2/t15-,17-,19-,21-/m1/s1. The van der Waals surface area contributed by atoms with E-state index in [0.717, 1.165) is 10.9 Å². The van der Waals surface area contributed by atoms with Gasteiger partial charge in [0.2, 0.25) is 0 Å². The average molecular weight is 414 g/mol. The van der Waals surface area contributed by atoms with Crippen molar-refractivity contribution in [1.82, 2.24) is 14.5 Å². The van der Waals surface area contributed by atoms with Gasteiger partial charge in [-0.1, -0.05) is 41.9 Å². The molecule has 4 atom stereocenters. The summed E-state index contributed by atoms with van der Waals surface area (Å²) in [7, 11) is 0. The Labute approximate surface area is 170 Å². The molecule has 3 heterocycles. The maximum atomic E-state index is 15.0. The van der Waals surface area contributed by atoms with Crippen molar-refractivity contribution in [3.63, 3.8) is 0 Å². The lowest BCUT2D eigenvalue weighted by Gasteiger charge is -2.17. The molecule has 2 aromatic heterocycles. The molecular formula is C21H17ClFN3O3. The summed E-state index contributed by atoms with van der Waals surface area (Å²) in [6, 6.07) is 14.9. The Morgan fingerprint density at radius 3 is 2.66 bits per heavy atom. The minimum atomic E-state index is -1.73. The summed E-state index contributed by atoms with van der Waals surface area (Å²) < 4.78 is 22.2. The summed E-state index contributed by atoms with van der Waals surface area (Å²) in [6.45, 7) is -0.481. The maximum absolute atomic E-state index is 15.0. The highest BCUT2D eigenvalue weighted by Gasteiger charge is 2.46. The van der Waals surface area contributed by atoms with Crippen molar-refractivity contribution in [2.24, 2.45) is 0 Å². The number of hydrogen-bond donors (Lipinski definition) is 2. The molecule has 0 amide bonds. The van der Waals surface area contributed by atoms with Crippen LogP contribution in [-0.4, -0.2) is 49.7 Å². The summed E-state index contributed by atoms with van der Waals surface area (Å²) in [5.41, 5.74) is 2.70. The molecule has 5 rings (SSSR count). The van der Waals surface area contributed by atoms with Crippen LogP contribution in [0.15, 0.2) is 54.9 Å². The van der Waals surface area contributed by atoms with E-state index in [9.17, 15) is 14.6 Å². The number of halogens is 2. The second-order valence-corrected chi connectivity index (χ2v) is 7.44. The van der Waals surface area contributed by atoms with Gasteiger partial charge in [-0.05, 0) is 18.2 Å². The molecule has 0 aliphatic carbocycles. The fraction of sp³-hybridized carbons (Fsp3) is 0.238. The van der Waals surface area contributed by atoms with Crippen molar-refractivity contribution in [3.05, 3.63) is 59.9 Å². The molecule has 2 N–H and O–H groups in total. The second-order valence-electron chi connectivity index (χ2n) is 7.00. The molecule has 0 bridgehead atoms. The van der Waals surface area contributed by atoms with Crippen molar-refractivity contribution in [2.75, 3.05) is 6.61 Å². The van der Waals surface area contributed by atoms with Gasteiger partial charge in [-0.25, -0.2) is 14.4 Å². The molecule has 1 aliphatic rings. The summed E-state index contributed by atoms with van der Waals surface area (Å²) >= 11 is 6.26. The van der Waals surface area contributed by atoms with Crippen molar-refractivity contribution < 1.29 is 19.3 Å². The number of rotatable bonds is 3. The topological polar surface area (TPSA) is 80.4 Å². The van der Waals surface area contributed by atoms with Crippen molar-refractivity contribution in [3.8, 4) is 11.3 Å². The van der Waals surface area contributed by atoms with E-state index in [1.807, 2.05) is 30.3 Å². The first kappa shape index (κ1) is 18.4. The minimum absolute atomic E-state index is 0.467.